The highest BCUT2D eigenvalue weighted by Crippen LogP contribution is 2.25. The Labute approximate surface area is 127 Å². The van der Waals surface area contributed by atoms with Gasteiger partial charge in [0.25, 0.3) is 0 Å². The highest BCUT2D eigenvalue weighted by Gasteiger charge is 2.25. The molecule has 0 aliphatic heterocycles. The third kappa shape index (κ3) is 4.18. The number of rotatable bonds is 7. The van der Waals surface area contributed by atoms with Crippen LogP contribution in [0.1, 0.15) is 38.7 Å². The summed E-state index contributed by atoms with van der Waals surface area (Å²) in [6.45, 7) is 4.67. The number of sulfonamides is 1. The van der Waals surface area contributed by atoms with Crippen LogP contribution in [0.2, 0.25) is 0 Å². The lowest BCUT2D eigenvalue weighted by molar-refractivity contribution is 0.383. The molecule has 0 radical (unpaired) electrons. The van der Waals surface area contributed by atoms with Crippen molar-refractivity contribution in [2.24, 2.45) is 0 Å². The lowest BCUT2D eigenvalue weighted by atomic mass is 9.94. The fourth-order valence-electron chi connectivity index (χ4n) is 2.19. The van der Waals surface area contributed by atoms with Gasteiger partial charge in [-0.2, -0.15) is 0 Å². The van der Waals surface area contributed by atoms with Crippen molar-refractivity contribution in [3.8, 4) is 5.75 Å². The van der Waals surface area contributed by atoms with Crippen LogP contribution < -0.4 is 14.8 Å². The summed E-state index contributed by atoms with van der Waals surface area (Å²) in [5, 5.41) is 3.28. The molecule has 1 fully saturated rings. The molecule has 0 aromatic heterocycles. The maximum Gasteiger partial charge on any atom is 0.240 e. The second-order valence-electron chi connectivity index (χ2n) is 5.76. The number of hydrogen-bond acceptors (Lipinski definition) is 4. The van der Waals surface area contributed by atoms with E-state index in [0.717, 1.165) is 24.8 Å². The minimum atomic E-state index is -3.44. The van der Waals surface area contributed by atoms with Gasteiger partial charge in [-0.1, -0.05) is 20.3 Å². The second-order valence-corrected chi connectivity index (χ2v) is 7.47. The minimum absolute atomic E-state index is 0.0920. The van der Waals surface area contributed by atoms with Gasteiger partial charge in [0, 0.05) is 24.2 Å². The van der Waals surface area contributed by atoms with Gasteiger partial charge in [-0.25, -0.2) is 13.1 Å². The predicted octanol–water partition coefficient (Wildman–Crippen LogP) is 2.02. The Hall–Kier alpha value is -1.11. The summed E-state index contributed by atoms with van der Waals surface area (Å²) >= 11 is 0. The van der Waals surface area contributed by atoms with E-state index < -0.39 is 10.0 Å². The van der Waals surface area contributed by atoms with Gasteiger partial charge < -0.3 is 10.1 Å². The highest BCUT2D eigenvalue weighted by atomic mass is 32.2. The van der Waals surface area contributed by atoms with Gasteiger partial charge >= 0.3 is 0 Å². The van der Waals surface area contributed by atoms with Crippen molar-refractivity contribution in [1.29, 1.82) is 0 Å². The van der Waals surface area contributed by atoms with Gasteiger partial charge in [-0.05, 0) is 31.0 Å². The maximum atomic E-state index is 12.4. The van der Waals surface area contributed by atoms with E-state index in [-0.39, 0.29) is 6.04 Å². The second kappa shape index (κ2) is 6.77. The van der Waals surface area contributed by atoms with Gasteiger partial charge in [0.05, 0.1) is 12.0 Å². The van der Waals surface area contributed by atoms with Crippen LogP contribution in [0.3, 0.4) is 0 Å². The number of benzene rings is 1. The van der Waals surface area contributed by atoms with E-state index in [1.807, 2.05) is 13.8 Å². The van der Waals surface area contributed by atoms with E-state index in [1.54, 1.807) is 25.3 Å². The van der Waals surface area contributed by atoms with Crippen LogP contribution in [0.25, 0.3) is 0 Å². The summed E-state index contributed by atoms with van der Waals surface area (Å²) < 4.78 is 32.8. The van der Waals surface area contributed by atoms with E-state index in [0.29, 0.717) is 23.2 Å². The van der Waals surface area contributed by atoms with E-state index in [9.17, 15) is 8.42 Å². The van der Waals surface area contributed by atoms with E-state index in [1.165, 1.54) is 0 Å². The minimum Gasteiger partial charge on any atom is -0.496 e. The molecule has 1 aromatic rings. The van der Waals surface area contributed by atoms with Crippen molar-refractivity contribution in [2.45, 2.75) is 56.6 Å². The van der Waals surface area contributed by atoms with E-state index >= 15 is 0 Å². The maximum absolute atomic E-state index is 12.4. The Morgan fingerprint density at radius 1 is 1.33 bits per heavy atom. The van der Waals surface area contributed by atoms with Crippen molar-refractivity contribution in [3.63, 3.8) is 0 Å². The van der Waals surface area contributed by atoms with Crippen LogP contribution in [0.5, 0.6) is 5.75 Å². The molecule has 0 atom stereocenters. The molecule has 1 aliphatic rings. The largest absolute Gasteiger partial charge is 0.496 e. The highest BCUT2D eigenvalue weighted by molar-refractivity contribution is 7.89. The van der Waals surface area contributed by atoms with Crippen molar-refractivity contribution in [2.75, 3.05) is 7.11 Å². The Kier molecular flexibility index (Phi) is 5.24. The molecular formula is C15H24N2O3S. The van der Waals surface area contributed by atoms with Crippen LogP contribution in [-0.2, 0) is 16.6 Å². The first kappa shape index (κ1) is 16.3. The number of methoxy groups -OCH3 is 1. The van der Waals surface area contributed by atoms with Crippen LogP contribution in [-0.4, -0.2) is 27.6 Å². The molecule has 0 heterocycles. The molecule has 0 amide bonds. The van der Waals surface area contributed by atoms with Crippen LogP contribution in [0.15, 0.2) is 23.1 Å². The molecular weight excluding hydrogens is 288 g/mol. The lowest BCUT2D eigenvalue weighted by Crippen LogP contribution is -2.39. The average molecular weight is 312 g/mol. The normalized spacial score (nSPS) is 16.0. The first-order chi connectivity index (χ1) is 9.92. The summed E-state index contributed by atoms with van der Waals surface area (Å²) in [6, 6.07) is 5.41. The molecule has 2 N–H and O–H groups in total. The van der Waals surface area contributed by atoms with Crippen molar-refractivity contribution in [1.82, 2.24) is 10.0 Å². The molecule has 21 heavy (non-hydrogen) atoms. The summed E-state index contributed by atoms with van der Waals surface area (Å²) in [7, 11) is -1.85. The molecule has 1 saturated carbocycles. The zero-order valence-electron chi connectivity index (χ0n) is 12.8. The van der Waals surface area contributed by atoms with E-state index in [4.69, 9.17) is 4.74 Å². The molecule has 1 aliphatic carbocycles. The van der Waals surface area contributed by atoms with Gasteiger partial charge in [-0.15, -0.1) is 0 Å². The molecule has 118 valence electrons. The quantitative estimate of drug-likeness (QED) is 0.808. The van der Waals surface area contributed by atoms with Gasteiger partial charge in [0.1, 0.15) is 5.75 Å². The average Bonchev–Trinajstić information content (AvgIpc) is 2.40. The summed E-state index contributed by atoms with van der Waals surface area (Å²) in [4.78, 5) is 0.302. The van der Waals surface area contributed by atoms with Crippen LogP contribution in [0, 0.1) is 0 Å². The fourth-order valence-corrected chi connectivity index (χ4v) is 3.54. The lowest BCUT2D eigenvalue weighted by Gasteiger charge is -2.26. The third-order valence-corrected chi connectivity index (χ3v) is 5.21. The molecule has 2 rings (SSSR count). The zero-order valence-corrected chi connectivity index (χ0v) is 13.7. The zero-order chi connectivity index (χ0) is 15.5. The predicted molar refractivity (Wildman–Crippen MR) is 82.9 cm³/mol. The summed E-state index contributed by atoms with van der Waals surface area (Å²) in [5.74, 6) is 0.700. The van der Waals surface area contributed by atoms with E-state index in [2.05, 4.69) is 10.0 Å². The standard InChI is InChI=1S/C15H24N2O3S/c1-11(2)16-10-12-9-14(7-8-15(12)20-3)21(18,19)17-13-5-4-6-13/h7-9,11,13,16-17H,4-6,10H2,1-3H3. The van der Waals surface area contributed by atoms with Crippen molar-refractivity contribution in [3.05, 3.63) is 23.8 Å². The molecule has 0 bridgehead atoms. The molecule has 1 aromatic carbocycles. The SMILES string of the molecule is COc1ccc(S(=O)(=O)NC2CCC2)cc1CNC(C)C. The Morgan fingerprint density at radius 3 is 2.57 bits per heavy atom. The van der Waals surface area contributed by atoms with Gasteiger partial charge in [-0.3, -0.25) is 0 Å². The topological polar surface area (TPSA) is 67.4 Å². The Bertz CT molecular complexity index is 581. The summed E-state index contributed by atoms with van der Waals surface area (Å²) in [5.41, 5.74) is 0.850. The summed E-state index contributed by atoms with van der Waals surface area (Å²) in [6.07, 6.45) is 2.95. The first-order valence-corrected chi connectivity index (χ1v) is 8.83. The smallest absolute Gasteiger partial charge is 0.240 e. The van der Waals surface area contributed by atoms with Crippen molar-refractivity contribution >= 4 is 10.0 Å². The fraction of sp³-hybridized carbons (Fsp3) is 0.600. The number of hydrogen-bond donors (Lipinski definition) is 2. The van der Waals surface area contributed by atoms with Crippen LogP contribution >= 0.6 is 0 Å². The van der Waals surface area contributed by atoms with Gasteiger partial charge in [0.15, 0.2) is 0 Å². The molecule has 0 spiro atoms. The molecule has 6 heteroatoms. The monoisotopic (exact) mass is 312 g/mol. The number of ether oxygens (including phenoxy) is 1. The third-order valence-electron chi connectivity index (χ3n) is 3.69. The number of nitrogens with one attached hydrogen (secondary N) is 2. The first-order valence-electron chi connectivity index (χ1n) is 7.35. The molecule has 5 nitrogen and oxygen atoms in total. The van der Waals surface area contributed by atoms with Crippen molar-refractivity contribution < 1.29 is 13.2 Å². The Morgan fingerprint density at radius 2 is 2.05 bits per heavy atom. The molecule has 0 saturated heterocycles. The van der Waals surface area contributed by atoms with Gasteiger partial charge in [0.2, 0.25) is 10.0 Å². The van der Waals surface area contributed by atoms with Crippen LogP contribution in [0.4, 0.5) is 0 Å². The molecule has 0 unspecified atom stereocenters. The Balaban J connectivity index is 2.21.